The summed E-state index contributed by atoms with van der Waals surface area (Å²) in [6.07, 6.45) is 5.21. The van der Waals surface area contributed by atoms with E-state index in [9.17, 15) is 18.3 Å². The topological polar surface area (TPSA) is 95.7 Å². The summed E-state index contributed by atoms with van der Waals surface area (Å²) in [6.45, 7) is 9.53. The lowest BCUT2D eigenvalue weighted by atomic mass is 9.92. The minimum atomic E-state index is -3.26. The Balaban J connectivity index is 1.52. The zero-order valence-electron chi connectivity index (χ0n) is 18.0. The van der Waals surface area contributed by atoms with Crippen molar-refractivity contribution in [2.75, 3.05) is 39.0 Å². The molecule has 0 aromatic carbocycles. The number of likely N-dealkylation sites (tertiary alicyclic amines) is 1. The molecule has 0 radical (unpaired) electrons. The molecule has 1 aromatic rings. The van der Waals surface area contributed by atoms with Crippen LogP contribution in [0.1, 0.15) is 45.7 Å². The Bertz CT molecular complexity index is 884. The molecule has 29 heavy (non-hydrogen) atoms. The summed E-state index contributed by atoms with van der Waals surface area (Å²) in [5.41, 5.74) is -0.314. The third-order valence-electron chi connectivity index (χ3n) is 6.09. The normalized spacial score (nSPS) is 25.6. The number of sulfonamides is 1. The average Bonchev–Trinajstić information content (AvgIpc) is 3.00. The van der Waals surface area contributed by atoms with Gasteiger partial charge in [-0.2, -0.15) is 4.31 Å². The molecule has 1 N–H and O–H groups in total. The molecule has 1 unspecified atom stereocenters. The van der Waals surface area contributed by atoms with E-state index in [4.69, 9.17) is 0 Å². The SMILES string of the molecule is CC(C)(C)c1cc(=O)n(CC2CCN(CC3(O)CCN(S(C)(=O)=O)C3)CC2)cn1. The molecule has 9 heteroatoms. The van der Waals surface area contributed by atoms with Gasteiger partial charge in [0.2, 0.25) is 10.0 Å². The highest BCUT2D eigenvalue weighted by molar-refractivity contribution is 7.88. The zero-order valence-corrected chi connectivity index (χ0v) is 18.8. The number of hydrogen-bond acceptors (Lipinski definition) is 6. The van der Waals surface area contributed by atoms with E-state index in [0.29, 0.717) is 32.0 Å². The molecule has 1 aromatic heterocycles. The quantitative estimate of drug-likeness (QED) is 0.743. The highest BCUT2D eigenvalue weighted by Crippen LogP contribution is 2.27. The number of piperidine rings is 1. The van der Waals surface area contributed by atoms with Crippen molar-refractivity contribution in [3.8, 4) is 0 Å². The predicted molar refractivity (Wildman–Crippen MR) is 112 cm³/mol. The van der Waals surface area contributed by atoms with E-state index < -0.39 is 15.6 Å². The maximum atomic E-state index is 12.4. The molecule has 8 nitrogen and oxygen atoms in total. The van der Waals surface area contributed by atoms with Gasteiger partial charge in [0.15, 0.2) is 0 Å². The van der Waals surface area contributed by atoms with Gasteiger partial charge >= 0.3 is 0 Å². The number of rotatable bonds is 5. The van der Waals surface area contributed by atoms with E-state index >= 15 is 0 Å². The first-order valence-electron chi connectivity index (χ1n) is 10.3. The Hall–Kier alpha value is -1.29. The molecule has 2 saturated heterocycles. The second kappa shape index (κ2) is 8.09. The van der Waals surface area contributed by atoms with Gasteiger partial charge in [-0.3, -0.25) is 9.36 Å². The fourth-order valence-corrected chi connectivity index (χ4v) is 5.12. The second-order valence-corrected chi connectivity index (χ2v) is 11.8. The van der Waals surface area contributed by atoms with E-state index in [1.165, 1.54) is 10.6 Å². The Kier molecular flexibility index (Phi) is 6.25. The van der Waals surface area contributed by atoms with Crippen LogP contribution in [-0.2, 0) is 22.0 Å². The molecule has 3 heterocycles. The smallest absolute Gasteiger partial charge is 0.253 e. The molecule has 164 valence electrons. The van der Waals surface area contributed by atoms with Crippen LogP contribution in [-0.4, -0.2) is 76.9 Å². The maximum absolute atomic E-state index is 12.4. The van der Waals surface area contributed by atoms with Crippen LogP contribution in [0.5, 0.6) is 0 Å². The first kappa shape index (κ1) is 22.4. The van der Waals surface area contributed by atoms with Crippen LogP contribution >= 0.6 is 0 Å². The van der Waals surface area contributed by atoms with E-state index in [2.05, 4.69) is 9.88 Å². The molecule has 0 amide bonds. The van der Waals surface area contributed by atoms with Crippen molar-refractivity contribution in [2.45, 2.75) is 57.6 Å². The second-order valence-electron chi connectivity index (χ2n) is 9.81. The number of hydrogen-bond donors (Lipinski definition) is 1. The molecule has 1 atom stereocenters. The Morgan fingerprint density at radius 3 is 2.41 bits per heavy atom. The zero-order chi connectivity index (χ0) is 21.4. The summed E-state index contributed by atoms with van der Waals surface area (Å²) in [5, 5.41) is 10.8. The van der Waals surface area contributed by atoms with Crippen molar-refractivity contribution >= 4 is 10.0 Å². The van der Waals surface area contributed by atoms with Crippen LogP contribution in [0.15, 0.2) is 17.2 Å². The van der Waals surface area contributed by atoms with Crippen molar-refractivity contribution in [3.63, 3.8) is 0 Å². The number of β-amino-alcohol motifs (C(OH)–C–C–N with tert-alkyl or cyclic N) is 1. The van der Waals surface area contributed by atoms with Gasteiger partial charge < -0.3 is 10.0 Å². The van der Waals surface area contributed by atoms with E-state index in [1.807, 2.05) is 20.8 Å². The lowest BCUT2D eigenvalue weighted by Crippen LogP contribution is -2.48. The number of nitrogens with zero attached hydrogens (tertiary/aromatic N) is 4. The van der Waals surface area contributed by atoms with Gasteiger partial charge in [0, 0.05) is 37.7 Å². The highest BCUT2D eigenvalue weighted by atomic mass is 32.2. The van der Waals surface area contributed by atoms with Crippen LogP contribution in [0.4, 0.5) is 0 Å². The highest BCUT2D eigenvalue weighted by Gasteiger charge is 2.41. The summed E-state index contributed by atoms with van der Waals surface area (Å²) in [7, 11) is -3.26. The fourth-order valence-electron chi connectivity index (χ4n) is 4.23. The van der Waals surface area contributed by atoms with Crippen molar-refractivity contribution < 1.29 is 13.5 Å². The van der Waals surface area contributed by atoms with Crippen LogP contribution in [0.25, 0.3) is 0 Å². The van der Waals surface area contributed by atoms with Crippen molar-refractivity contribution in [1.29, 1.82) is 0 Å². The molecule has 2 aliphatic heterocycles. The molecule has 0 spiro atoms. The third-order valence-corrected chi connectivity index (χ3v) is 7.34. The summed E-state index contributed by atoms with van der Waals surface area (Å²) >= 11 is 0. The molecule has 0 bridgehead atoms. The van der Waals surface area contributed by atoms with Crippen LogP contribution < -0.4 is 5.56 Å². The molecule has 2 fully saturated rings. The number of aromatic nitrogens is 2. The standard InChI is InChI=1S/C20H34N4O4S/c1-19(2,3)17-11-18(25)23(15-21-17)12-16-5-8-22(9-6-16)13-20(26)7-10-24(14-20)29(4,27)28/h11,15-16,26H,5-10,12-14H2,1-4H3. The molecular weight excluding hydrogens is 392 g/mol. The lowest BCUT2D eigenvalue weighted by molar-refractivity contribution is 0.00600. The molecule has 2 aliphatic rings. The Morgan fingerprint density at radius 1 is 1.24 bits per heavy atom. The Labute approximate surface area is 173 Å². The summed E-state index contributed by atoms with van der Waals surface area (Å²) in [6, 6.07) is 1.64. The van der Waals surface area contributed by atoms with Crippen molar-refractivity contribution in [3.05, 3.63) is 28.4 Å². The van der Waals surface area contributed by atoms with Crippen LogP contribution in [0.2, 0.25) is 0 Å². The van der Waals surface area contributed by atoms with Crippen molar-refractivity contribution in [2.24, 2.45) is 5.92 Å². The predicted octanol–water partition coefficient (Wildman–Crippen LogP) is 0.649. The largest absolute Gasteiger partial charge is 0.387 e. The summed E-state index contributed by atoms with van der Waals surface area (Å²) in [4.78, 5) is 19.1. The van der Waals surface area contributed by atoms with Gasteiger partial charge in [0.1, 0.15) is 0 Å². The van der Waals surface area contributed by atoms with Gasteiger partial charge in [-0.15, -0.1) is 0 Å². The Morgan fingerprint density at radius 2 is 1.90 bits per heavy atom. The maximum Gasteiger partial charge on any atom is 0.253 e. The molecule has 0 saturated carbocycles. The van der Waals surface area contributed by atoms with Gasteiger partial charge in [-0.05, 0) is 38.3 Å². The molecule has 0 aliphatic carbocycles. The van der Waals surface area contributed by atoms with Gasteiger partial charge in [0.25, 0.3) is 5.56 Å². The minimum Gasteiger partial charge on any atom is -0.387 e. The minimum absolute atomic E-state index is 0.00603. The van der Waals surface area contributed by atoms with Gasteiger partial charge in [-0.1, -0.05) is 20.8 Å². The third kappa shape index (κ3) is 5.65. The fraction of sp³-hybridized carbons (Fsp3) is 0.800. The lowest BCUT2D eigenvalue weighted by Gasteiger charge is -2.36. The first-order chi connectivity index (χ1) is 13.4. The van der Waals surface area contributed by atoms with E-state index in [1.54, 1.807) is 17.0 Å². The van der Waals surface area contributed by atoms with E-state index in [-0.39, 0.29) is 17.5 Å². The van der Waals surface area contributed by atoms with Crippen LogP contribution in [0, 0.1) is 5.92 Å². The summed E-state index contributed by atoms with van der Waals surface area (Å²) in [5.74, 6) is 0.400. The molecular formula is C20H34N4O4S. The van der Waals surface area contributed by atoms with Gasteiger partial charge in [-0.25, -0.2) is 13.4 Å². The van der Waals surface area contributed by atoms with Gasteiger partial charge in [0.05, 0.1) is 23.9 Å². The molecule has 3 rings (SSSR count). The van der Waals surface area contributed by atoms with Crippen LogP contribution in [0.3, 0.4) is 0 Å². The van der Waals surface area contributed by atoms with E-state index in [0.717, 1.165) is 31.6 Å². The summed E-state index contributed by atoms with van der Waals surface area (Å²) < 4.78 is 26.5. The number of aliphatic hydroxyl groups is 1. The first-order valence-corrected chi connectivity index (χ1v) is 12.2. The monoisotopic (exact) mass is 426 g/mol. The average molecular weight is 427 g/mol. The van der Waals surface area contributed by atoms with Crippen molar-refractivity contribution in [1.82, 2.24) is 18.8 Å².